The van der Waals surface area contributed by atoms with Gasteiger partial charge in [0, 0.05) is 32.2 Å². The lowest BCUT2D eigenvalue weighted by molar-refractivity contribution is 0.0784. The van der Waals surface area contributed by atoms with Crippen LogP contribution in [0.15, 0.2) is 22.0 Å². The van der Waals surface area contributed by atoms with Crippen molar-refractivity contribution < 1.29 is 4.52 Å². The molecule has 2 aromatic rings. The van der Waals surface area contributed by atoms with E-state index in [-0.39, 0.29) is 0 Å². The van der Waals surface area contributed by atoms with Gasteiger partial charge in [-0.15, -0.1) is 11.3 Å². The second-order valence-corrected chi connectivity index (χ2v) is 6.06. The van der Waals surface area contributed by atoms with Crippen molar-refractivity contribution in [2.45, 2.75) is 12.6 Å². The first-order chi connectivity index (χ1) is 9.76. The van der Waals surface area contributed by atoms with Gasteiger partial charge in [0.25, 0.3) is 0 Å². The normalized spacial score (nSPS) is 21.4. The number of piperazine rings is 1. The topological polar surface area (TPSA) is 71.4 Å². The maximum atomic E-state index is 5.86. The number of nitrogens with two attached hydrogens (primary N) is 1. The molecule has 2 aromatic heterocycles. The molecule has 2 N–H and O–H groups in total. The Balaban J connectivity index is 1.68. The summed E-state index contributed by atoms with van der Waals surface area (Å²) in [5, 5.41) is 6.06. The number of likely N-dealkylation sites (N-methyl/N-ethyl adjacent to an activating group) is 1. The molecule has 7 heteroatoms. The summed E-state index contributed by atoms with van der Waals surface area (Å²) in [5.74, 6) is 1.34. The minimum absolute atomic E-state index is 0.353. The summed E-state index contributed by atoms with van der Waals surface area (Å²) in [6, 6.07) is 4.34. The average Bonchev–Trinajstić information content (AvgIpc) is 3.11. The Hall–Kier alpha value is -1.28. The molecular formula is C13H19N5OS. The molecule has 3 heterocycles. The zero-order valence-electron chi connectivity index (χ0n) is 11.5. The van der Waals surface area contributed by atoms with Gasteiger partial charge in [-0.1, -0.05) is 11.2 Å². The first-order valence-corrected chi connectivity index (χ1v) is 7.63. The molecule has 0 saturated carbocycles. The Morgan fingerprint density at radius 2 is 2.40 bits per heavy atom. The van der Waals surface area contributed by atoms with Gasteiger partial charge < -0.3 is 15.2 Å². The molecule has 3 rings (SSSR count). The predicted molar refractivity (Wildman–Crippen MR) is 78.4 cm³/mol. The molecule has 0 radical (unpaired) electrons. The summed E-state index contributed by atoms with van der Waals surface area (Å²) >= 11 is 1.62. The number of hydrogen-bond acceptors (Lipinski definition) is 7. The minimum Gasteiger partial charge on any atom is -0.338 e. The fourth-order valence-corrected chi connectivity index (χ4v) is 3.13. The van der Waals surface area contributed by atoms with Crippen LogP contribution in [0, 0.1) is 0 Å². The SMILES string of the molecule is CN1CCN(Cc2nc(-c3cccs3)no2)C(CN)C1. The van der Waals surface area contributed by atoms with E-state index in [0.29, 0.717) is 30.8 Å². The van der Waals surface area contributed by atoms with Gasteiger partial charge in [-0.2, -0.15) is 4.98 Å². The van der Waals surface area contributed by atoms with Crippen LogP contribution in [0.3, 0.4) is 0 Å². The van der Waals surface area contributed by atoms with Crippen LogP contribution in [0.2, 0.25) is 0 Å². The Kier molecular flexibility index (Phi) is 4.11. The van der Waals surface area contributed by atoms with E-state index in [1.165, 1.54) is 0 Å². The van der Waals surface area contributed by atoms with Crippen molar-refractivity contribution >= 4 is 11.3 Å². The van der Waals surface area contributed by atoms with Gasteiger partial charge in [-0.3, -0.25) is 4.90 Å². The van der Waals surface area contributed by atoms with Crippen LogP contribution < -0.4 is 5.73 Å². The summed E-state index contributed by atoms with van der Waals surface area (Å²) in [5.41, 5.74) is 5.86. The smallest absolute Gasteiger partial charge is 0.241 e. The first-order valence-electron chi connectivity index (χ1n) is 6.75. The van der Waals surface area contributed by atoms with Crippen molar-refractivity contribution in [3.05, 3.63) is 23.4 Å². The molecule has 1 fully saturated rings. The molecule has 0 aliphatic carbocycles. The molecule has 1 saturated heterocycles. The molecule has 1 atom stereocenters. The highest BCUT2D eigenvalue weighted by atomic mass is 32.1. The molecule has 108 valence electrons. The fourth-order valence-electron chi connectivity index (χ4n) is 2.48. The molecule has 1 unspecified atom stereocenters. The standard InChI is InChI=1S/C13H19N5OS/c1-17-4-5-18(10(7-14)8-17)9-12-15-13(16-19-12)11-3-2-6-20-11/h2-3,6,10H,4-5,7-9,14H2,1H3. The molecule has 6 nitrogen and oxygen atoms in total. The summed E-state index contributed by atoms with van der Waals surface area (Å²) in [6.07, 6.45) is 0. The van der Waals surface area contributed by atoms with E-state index in [1.807, 2.05) is 17.5 Å². The van der Waals surface area contributed by atoms with E-state index in [0.717, 1.165) is 24.5 Å². The lowest BCUT2D eigenvalue weighted by Crippen LogP contribution is -2.54. The van der Waals surface area contributed by atoms with E-state index in [9.17, 15) is 0 Å². The molecule has 20 heavy (non-hydrogen) atoms. The van der Waals surface area contributed by atoms with Crippen LogP contribution in [0.25, 0.3) is 10.7 Å². The van der Waals surface area contributed by atoms with E-state index < -0.39 is 0 Å². The quantitative estimate of drug-likeness (QED) is 0.902. The molecule has 1 aliphatic rings. The number of hydrogen-bond donors (Lipinski definition) is 1. The van der Waals surface area contributed by atoms with E-state index in [1.54, 1.807) is 11.3 Å². The van der Waals surface area contributed by atoms with Crippen molar-refractivity contribution in [3.8, 4) is 10.7 Å². The van der Waals surface area contributed by atoms with Gasteiger partial charge in [0.1, 0.15) is 0 Å². The second kappa shape index (κ2) is 6.01. The summed E-state index contributed by atoms with van der Waals surface area (Å²) in [6.45, 7) is 4.34. The lowest BCUT2D eigenvalue weighted by atomic mass is 10.2. The Morgan fingerprint density at radius 1 is 1.50 bits per heavy atom. The van der Waals surface area contributed by atoms with Crippen molar-refractivity contribution in [2.24, 2.45) is 5.73 Å². The number of aromatic nitrogens is 2. The van der Waals surface area contributed by atoms with E-state index in [2.05, 4.69) is 27.0 Å². The lowest BCUT2D eigenvalue weighted by Gasteiger charge is -2.38. The van der Waals surface area contributed by atoms with Crippen LogP contribution in [-0.2, 0) is 6.54 Å². The first kappa shape index (κ1) is 13.7. The third-order valence-electron chi connectivity index (χ3n) is 3.63. The predicted octanol–water partition coefficient (Wildman–Crippen LogP) is 0.873. The molecule has 0 aromatic carbocycles. The zero-order chi connectivity index (χ0) is 13.9. The Labute approximate surface area is 122 Å². The third kappa shape index (κ3) is 2.90. The molecule has 0 spiro atoms. The van der Waals surface area contributed by atoms with Gasteiger partial charge in [0.2, 0.25) is 11.7 Å². The van der Waals surface area contributed by atoms with Crippen LogP contribution in [0.1, 0.15) is 5.89 Å². The zero-order valence-corrected chi connectivity index (χ0v) is 12.3. The largest absolute Gasteiger partial charge is 0.338 e. The second-order valence-electron chi connectivity index (χ2n) is 5.11. The Bertz CT molecular complexity index is 541. The molecule has 0 bridgehead atoms. The van der Waals surface area contributed by atoms with E-state index in [4.69, 9.17) is 10.3 Å². The molecular weight excluding hydrogens is 274 g/mol. The maximum absolute atomic E-state index is 5.86. The van der Waals surface area contributed by atoms with Crippen LogP contribution in [-0.4, -0.2) is 59.2 Å². The fraction of sp³-hybridized carbons (Fsp3) is 0.538. The maximum Gasteiger partial charge on any atom is 0.241 e. The highest BCUT2D eigenvalue weighted by Crippen LogP contribution is 2.22. The van der Waals surface area contributed by atoms with Gasteiger partial charge >= 0.3 is 0 Å². The third-order valence-corrected chi connectivity index (χ3v) is 4.49. The number of rotatable bonds is 4. The summed E-state index contributed by atoms with van der Waals surface area (Å²) in [7, 11) is 2.13. The summed E-state index contributed by atoms with van der Waals surface area (Å²) in [4.78, 5) is 10.1. The molecule has 1 aliphatic heterocycles. The van der Waals surface area contributed by atoms with E-state index >= 15 is 0 Å². The summed E-state index contributed by atoms with van der Waals surface area (Å²) < 4.78 is 5.36. The van der Waals surface area contributed by atoms with Gasteiger partial charge in [-0.25, -0.2) is 0 Å². The minimum atomic E-state index is 0.353. The number of nitrogens with zero attached hydrogens (tertiary/aromatic N) is 4. The van der Waals surface area contributed by atoms with Crippen molar-refractivity contribution in [1.82, 2.24) is 19.9 Å². The van der Waals surface area contributed by atoms with Crippen molar-refractivity contribution in [2.75, 3.05) is 33.2 Å². The van der Waals surface area contributed by atoms with Crippen LogP contribution >= 0.6 is 11.3 Å². The van der Waals surface area contributed by atoms with Crippen LogP contribution in [0.5, 0.6) is 0 Å². The van der Waals surface area contributed by atoms with Gasteiger partial charge in [0.15, 0.2) is 0 Å². The highest BCUT2D eigenvalue weighted by molar-refractivity contribution is 7.13. The van der Waals surface area contributed by atoms with Crippen LogP contribution in [0.4, 0.5) is 0 Å². The highest BCUT2D eigenvalue weighted by Gasteiger charge is 2.25. The molecule has 0 amide bonds. The van der Waals surface area contributed by atoms with Gasteiger partial charge in [-0.05, 0) is 18.5 Å². The average molecular weight is 293 g/mol. The monoisotopic (exact) mass is 293 g/mol. The number of thiophene rings is 1. The van der Waals surface area contributed by atoms with Gasteiger partial charge in [0.05, 0.1) is 11.4 Å². The van der Waals surface area contributed by atoms with Crippen molar-refractivity contribution in [3.63, 3.8) is 0 Å². The van der Waals surface area contributed by atoms with Crippen molar-refractivity contribution in [1.29, 1.82) is 0 Å². The Morgan fingerprint density at radius 3 is 3.15 bits per heavy atom.